The van der Waals surface area contributed by atoms with Crippen LogP contribution in [-0.2, 0) is 9.84 Å². The Morgan fingerprint density at radius 1 is 0.938 bits per heavy atom. The van der Waals surface area contributed by atoms with Gasteiger partial charge in [-0.1, -0.05) is 41.5 Å². The molecule has 0 bridgehead atoms. The minimum Gasteiger partial charge on any atom is -0.223 e. The van der Waals surface area contributed by atoms with E-state index in [0.717, 1.165) is 11.1 Å². The van der Waals surface area contributed by atoms with Gasteiger partial charge in [0.15, 0.2) is 9.84 Å². The third-order valence-electron chi connectivity index (χ3n) is 2.88. The summed E-state index contributed by atoms with van der Waals surface area (Å²) in [6.07, 6.45) is 3.61. The lowest BCUT2D eigenvalue weighted by Gasteiger charge is -2.07. The molecular formula is C13H14O2S. The van der Waals surface area contributed by atoms with Crippen LogP contribution in [0.3, 0.4) is 0 Å². The first-order chi connectivity index (χ1) is 7.51. The molecule has 0 unspecified atom stereocenters. The summed E-state index contributed by atoms with van der Waals surface area (Å²) in [7, 11) is -3.26. The largest absolute Gasteiger partial charge is 0.223 e. The van der Waals surface area contributed by atoms with E-state index in [4.69, 9.17) is 0 Å². The van der Waals surface area contributed by atoms with Gasteiger partial charge in [-0.15, -0.1) is 0 Å². The number of hydrogen-bond donors (Lipinski definition) is 0. The lowest BCUT2D eigenvalue weighted by molar-refractivity contribution is 0.594. The summed E-state index contributed by atoms with van der Waals surface area (Å²) >= 11 is 0. The van der Waals surface area contributed by atoms with Gasteiger partial charge in [-0.3, -0.25) is 0 Å². The highest BCUT2D eigenvalue weighted by Crippen LogP contribution is 2.27. The number of allylic oxidation sites excluding steroid dienone is 2. The monoisotopic (exact) mass is 234 g/mol. The highest BCUT2D eigenvalue weighted by molar-refractivity contribution is 7.92. The predicted octanol–water partition coefficient (Wildman–Crippen LogP) is 2.74. The van der Waals surface area contributed by atoms with Gasteiger partial charge >= 0.3 is 0 Å². The van der Waals surface area contributed by atoms with E-state index >= 15 is 0 Å². The Morgan fingerprint density at radius 3 is 1.94 bits per heavy atom. The molecule has 0 saturated carbocycles. The van der Waals surface area contributed by atoms with Gasteiger partial charge in [0.2, 0.25) is 0 Å². The van der Waals surface area contributed by atoms with Crippen molar-refractivity contribution < 1.29 is 8.42 Å². The van der Waals surface area contributed by atoms with E-state index in [0.29, 0.717) is 4.90 Å². The van der Waals surface area contributed by atoms with Gasteiger partial charge in [0, 0.05) is 0 Å². The normalized spacial score (nSPS) is 17.1. The van der Waals surface area contributed by atoms with Gasteiger partial charge in [-0.25, -0.2) is 8.42 Å². The van der Waals surface area contributed by atoms with Crippen LogP contribution in [0.2, 0.25) is 0 Å². The van der Waals surface area contributed by atoms with Crippen LogP contribution in [0.15, 0.2) is 58.5 Å². The SMILES string of the molecule is CC1=CC(S(=O)(=O)c2ccccc2)C=C1C. The van der Waals surface area contributed by atoms with Crippen LogP contribution < -0.4 is 0 Å². The number of hydrogen-bond acceptors (Lipinski definition) is 2. The molecule has 0 heterocycles. The molecule has 0 amide bonds. The summed E-state index contributed by atoms with van der Waals surface area (Å²) in [4.78, 5) is 0.384. The summed E-state index contributed by atoms with van der Waals surface area (Å²) in [6.45, 7) is 3.87. The number of benzene rings is 1. The summed E-state index contributed by atoms with van der Waals surface area (Å²) in [5.74, 6) is 0. The second kappa shape index (κ2) is 3.91. The Hall–Kier alpha value is -1.35. The van der Waals surface area contributed by atoms with Crippen molar-refractivity contribution in [1.82, 2.24) is 0 Å². The van der Waals surface area contributed by atoms with Crippen LogP contribution in [0, 0.1) is 0 Å². The molecule has 2 nitrogen and oxygen atoms in total. The Morgan fingerprint density at radius 2 is 1.44 bits per heavy atom. The fraction of sp³-hybridized carbons (Fsp3) is 0.231. The van der Waals surface area contributed by atoms with Crippen molar-refractivity contribution in [3.63, 3.8) is 0 Å². The van der Waals surface area contributed by atoms with Gasteiger partial charge in [-0.05, 0) is 26.0 Å². The number of sulfone groups is 1. The molecule has 1 aromatic carbocycles. The quantitative estimate of drug-likeness (QED) is 0.788. The van der Waals surface area contributed by atoms with E-state index in [9.17, 15) is 8.42 Å². The van der Waals surface area contributed by atoms with E-state index < -0.39 is 15.1 Å². The average Bonchev–Trinajstić information content (AvgIpc) is 2.61. The smallest absolute Gasteiger partial charge is 0.188 e. The van der Waals surface area contributed by atoms with Crippen molar-refractivity contribution in [2.24, 2.45) is 0 Å². The van der Waals surface area contributed by atoms with Crippen LogP contribution in [0.1, 0.15) is 13.8 Å². The van der Waals surface area contributed by atoms with Crippen molar-refractivity contribution in [1.29, 1.82) is 0 Å². The molecule has 0 saturated heterocycles. The number of rotatable bonds is 2. The Kier molecular flexibility index (Phi) is 2.72. The molecule has 0 aliphatic heterocycles. The molecule has 0 aromatic heterocycles. The maximum Gasteiger partial charge on any atom is 0.188 e. The van der Waals surface area contributed by atoms with E-state index in [1.807, 2.05) is 19.9 Å². The van der Waals surface area contributed by atoms with Crippen molar-refractivity contribution in [3.05, 3.63) is 53.6 Å². The molecule has 1 aliphatic carbocycles. The topological polar surface area (TPSA) is 34.1 Å². The van der Waals surface area contributed by atoms with Crippen LogP contribution in [0.25, 0.3) is 0 Å². The van der Waals surface area contributed by atoms with Crippen molar-refractivity contribution in [2.45, 2.75) is 24.0 Å². The van der Waals surface area contributed by atoms with Crippen molar-refractivity contribution >= 4 is 9.84 Å². The van der Waals surface area contributed by atoms with E-state index in [2.05, 4.69) is 0 Å². The average molecular weight is 234 g/mol. The fourth-order valence-electron chi connectivity index (χ4n) is 1.75. The second-order valence-electron chi connectivity index (χ2n) is 4.02. The van der Waals surface area contributed by atoms with Crippen LogP contribution in [-0.4, -0.2) is 13.7 Å². The zero-order valence-corrected chi connectivity index (χ0v) is 10.2. The van der Waals surface area contributed by atoms with E-state index in [1.165, 1.54) is 0 Å². The standard InChI is InChI=1S/C13H14O2S/c1-10-8-13(9-11(10)2)16(14,15)12-6-4-3-5-7-12/h3-9,13H,1-2H3. The molecule has 1 aromatic rings. The Bertz CT molecular complexity index is 533. The maximum absolute atomic E-state index is 12.2. The van der Waals surface area contributed by atoms with Gasteiger partial charge in [0.1, 0.15) is 5.25 Å². The lowest BCUT2D eigenvalue weighted by atomic mass is 10.2. The molecule has 0 atom stereocenters. The third kappa shape index (κ3) is 1.83. The highest BCUT2D eigenvalue weighted by atomic mass is 32.2. The van der Waals surface area contributed by atoms with Crippen molar-refractivity contribution in [2.75, 3.05) is 0 Å². The molecule has 16 heavy (non-hydrogen) atoms. The summed E-state index contributed by atoms with van der Waals surface area (Å²) in [6, 6.07) is 8.58. The molecule has 0 radical (unpaired) electrons. The van der Waals surface area contributed by atoms with E-state index in [-0.39, 0.29) is 0 Å². The molecular weight excluding hydrogens is 220 g/mol. The first kappa shape index (κ1) is 11.1. The van der Waals surface area contributed by atoms with E-state index in [1.54, 1.807) is 36.4 Å². The van der Waals surface area contributed by atoms with Crippen LogP contribution >= 0.6 is 0 Å². The summed E-state index contributed by atoms with van der Waals surface area (Å²) in [5, 5.41) is -0.505. The third-order valence-corrected chi connectivity index (χ3v) is 4.80. The first-order valence-corrected chi connectivity index (χ1v) is 6.72. The second-order valence-corrected chi connectivity index (χ2v) is 6.13. The highest BCUT2D eigenvalue weighted by Gasteiger charge is 2.26. The predicted molar refractivity (Wildman–Crippen MR) is 64.9 cm³/mol. The van der Waals surface area contributed by atoms with Gasteiger partial charge < -0.3 is 0 Å². The Labute approximate surface area is 96.2 Å². The van der Waals surface area contributed by atoms with Crippen LogP contribution in [0.5, 0.6) is 0 Å². The van der Waals surface area contributed by atoms with Gasteiger partial charge in [0.05, 0.1) is 4.90 Å². The zero-order chi connectivity index (χ0) is 11.8. The fourth-order valence-corrected chi connectivity index (χ4v) is 3.37. The molecule has 0 N–H and O–H groups in total. The van der Waals surface area contributed by atoms with Crippen molar-refractivity contribution in [3.8, 4) is 0 Å². The molecule has 3 heteroatoms. The molecule has 0 spiro atoms. The summed E-state index contributed by atoms with van der Waals surface area (Å²) in [5.41, 5.74) is 2.09. The van der Waals surface area contributed by atoms with Crippen LogP contribution in [0.4, 0.5) is 0 Å². The molecule has 84 valence electrons. The maximum atomic E-state index is 12.2. The minimum atomic E-state index is -3.26. The zero-order valence-electron chi connectivity index (χ0n) is 9.34. The first-order valence-electron chi connectivity index (χ1n) is 5.18. The lowest BCUT2D eigenvalue weighted by Crippen LogP contribution is -2.15. The van der Waals surface area contributed by atoms with Gasteiger partial charge in [0.25, 0.3) is 0 Å². The molecule has 2 rings (SSSR count). The minimum absolute atomic E-state index is 0.384. The molecule has 1 aliphatic rings. The molecule has 0 fully saturated rings. The Balaban J connectivity index is 2.44. The van der Waals surface area contributed by atoms with Gasteiger partial charge in [-0.2, -0.15) is 0 Å². The summed E-state index contributed by atoms with van der Waals surface area (Å²) < 4.78 is 24.5.